The summed E-state index contributed by atoms with van der Waals surface area (Å²) in [4.78, 5) is 15.3. The van der Waals surface area contributed by atoms with E-state index in [1.54, 1.807) is 18.3 Å². The Morgan fingerprint density at radius 2 is 2.05 bits per heavy atom. The van der Waals surface area contributed by atoms with Crippen LogP contribution >= 0.6 is 0 Å². The Hall–Kier alpha value is -3.35. The number of rotatable bonds is 3. The largest absolute Gasteiger partial charge is 0.459 e. The molecule has 0 atom stereocenters. The van der Waals surface area contributed by atoms with Crippen LogP contribution in [0.4, 0.5) is 6.01 Å². The predicted molar refractivity (Wildman–Crippen MR) is 78.3 cm³/mol. The summed E-state index contributed by atoms with van der Waals surface area (Å²) in [6.45, 7) is 0. The van der Waals surface area contributed by atoms with Gasteiger partial charge in [0.05, 0.1) is 11.8 Å². The molecule has 0 aliphatic heterocycles. The summed E-state index contributed by atoms with van der Waals surface area (Å²) >= 11 is 0. The molecule has 0 spiro atoms. The highest BCUT2D eigenvalue weighted by atomic mass is 16.4. The van der Waals surface area contributed by atoms with E-state index in [1.807, 2.05) is 24.3 Å². The number of carbonyl (C=O) groups is 1. The van der Waals surface area contributed by atoms with Gasteiger partial charge >= 0.3 is 6.01 Å². The van der Waals surface area contributed by atoms with Crippen molar-refractivity contribution in [1.29, 1.82) is 0 Å². The Labute approximate surface area is 124 Å². The molecule has 1 amide bonds. The highest BCUT2D eigenvalue weighted by Crippen LogP contribution is 2.22. The van der Waals surface area contributed by atoms with Gasteiger partial charge in [0.15, 0.2) is 5.76 Å². The molecule has 2 N–H and O–H groups in total. The summed E-state index contributed by atoms with van der Waals surface area (Å²) in [6, 6.07) is 10.9. The lowest BCUT2D eigenvalue weighted by Gasteiger charge is -1.98. The first-order valence-corrected chi connectivity index (χ1v) is 6.56. The van der Waals surface area contributed by atoms with Crippen molar-refractivity contribution in [1.82, 2.24) is 15.2 Å². The quantitative estimate of drug-likeness (QED) is 0.605. The van der Waals surface area contributed by atoms with Crippen LogP contribution in [0.25, 0.3) is 22.6 Å². The predicted octanol–water partition coefficient (Wildman–Crippen LogP) is 3.06. The number of hydrogen-bond donors (Lipinski definition) is 2. The van der Waals surface area contributed by atoms with Crippen LogP contribution in [0.1, 0.15) is 10.4 Å². The standard InChI is InChI=1S/C15H10N4O3/c20-13(10-8-16-11-5-2-1-4-9(10)11)17-15-19-18-14(22-15)12-6-3-7-21-12/h1-8,16H,(H,17,19,20). The van der Waals surface area contributed by atoms with E-state index in [1.165, 1.54) is 6.26 Å². The number of aromatic amines is 1. The van der Waals surface area contributed by atoms with Gasteiger partial charge in [-0.05, 0) is 18.2 Å². The van der Waals surface area contributed by atoms with Gasteiger partial charge in [0.1, 0.15) is 0 Å². The lowest BCUT2D eigenvalue weighted by Crippen LogP contribution is -2.11. The van der Waals surface area contributed by atoms with Crippen molar-refractivity contribution in [3.63, 3.8) is 0 Å². The Kier molecular flexibility index (Phi) is 2.75. The van der Waals surface area contributed by atoms with Gasteiger partial charge in [-0.3, -0.25) is 10.1 Å². The first-order chi connectivity index (χ1) is 10.8. The Morgan fingerprint density at radius 1 is 1.14 bits per heavy atom. The SMILES string of the molecule is O=C(Nc1nnc(-c2ccco2)o1)c1c[nH]c2ccccc12. The molecule has 0 bridgehead atoms. The minimum Gasteiger partial charge on any atom is -0.459 e. The third kappa shape index (κ3) is 2.05. The third-order valence-corrected chi connectivity index (χ3v) is 3.21. The second-order valence-electron chi connectivity index (χ2n) is 4.59. The maximum Gasteiger partial charge on any atom is 0.322 e. The maximum atomic E-state index is 12.3. The summed E-state index contributed by atoms with van der Waals surface area (Å²) in [5.41, 5.74) is 1.39. The Morgan fingerprint density at radius 3 is 2.91 bits per heavy atom. The average molecular weight is 294 g/mol. The van der Waals surface area contributed by atoms with Gasteiger partial charge in [-0.25, -0.2) is 0 Å². The van der Waals surface area contributed by atoms with Crippen molar-refractivity contribution in [2.24, 2.45) is 0 Å². The molecule has 0 aliphatic carbocycles. The van der Waals surface area contributed by atoms with Crippen LogP contribution in [0.15, 0.2) is 57.7 Å². The van der Waals surface area contributed by atoms with Crippen LogP contribution in [0, 0.1) is 0 Å². The average Bonchev–Trinajstić information content (AvgIpc) is 3.27. The molecule has 3 aromatic heterocycles. The normalized spacial score (nSPS) is 10.9. The van der Waals surface area contributed by atoms with Gasteiger partial charge in [0, 0.05) is 17.1 Å². The number of fused-ring (bicyclic) bond motifs is 1. The molecule has 1 aromatic carbocycles. The van der Waals surface area contributed by atoms with Crippen LogP contribution in [0.3, 0.4) is 0 Å². The number of H-pyrrole nitrogens is 1. The number of para-hydroxylation sites is 1. The zero-order valence-electron chi connectivity index (χ0n) is 11.2. The summed E-state index contributed by atoms with van der Waals surface area (Å²) in [7, 11) is 0. The molecule has 0 unspecified atom stereocenters. The second kappa shape index (κ2) is 4.88. The fraction of sp³-hybridized carbons (Fsp3) is 0. The van der Waals surface area contributed by atoms with Crippen LogP contribution in [-0.4, -0.2) is 21.1 Å². The van der Waals surface area contributed by atoms with E-state index in [9.17, 15) is 4.79 Å². The van der Waals surface area contributed by atoms with Gasteiger partial charge in [-0.2, -0.15) is 0 Å². The smallest absolute Gasteiger partial charge is 0.322 e. The highest BCUT2D eigenvalue weighted by Gasteiger charge is 2.16. The Balaban J connectivity index is 1.60. The van der Waals surface area contributed by atoms with Crippen LogP contribution < -0.4 is 5.32 Å². The van der Waals surface area contributed by atoms with Gasteiger partial charge in [-0.1, -0.05) is 23.3 Å². The first kappa shape index (κ1) is 12.4. The number of aromatic nitrogens is 3. The van der Waals surface area contributed by atoms with E-state index >= 15 is 0 Å². The van der Waals surface area contributed by atoms with E-state index in [0.29, 0.717) is 11.3 Å². The van der Waals surface area contributed by atoms with Crippen molar-refractivity contribution in [2.45, 2.75) is 0 Å². The molecule has 3 heterocycles. The molecule has 4 aromatic rings. The number of amides is 1. The molecular formula is C15H10N4O3. The van der Waals surface area contributed by atoms with Crippen LogP contribution in [0.5, 0.6) is 0 Å². The molecule has 7 heteroatoms. The Bertz CT molecular complexity index is 937. The summed E-state index contributed by atoms with van der Waals surface area (Å²) in [6.07, 6.45) is 3.15. The number of benzene rings is 1. The van der Waals surface area contributed by atoms with Crippen molar-refractivity contribution in [2.75, 3.05) is 5.32 Å². The molecule has 0 saturated carbocycles. The van der Waals surface area contributed by atoms with E-state index in [2.05, 4.69) is 20.5 Å². The van der Waals surface area contributed by atoms with E-state index < -0.39 is 0 Å². The number of nitrogens with zero attached hydrogens (tertiary/aromatic N) is 2. The molecule has 22 heavy (non-hydrogen) atoms. The molecular weight excluding hydrogens is 284 g/mol. The first-order valence-electron chi connectivity index (χ1n) is 6.56. The van der Waals surface area contributed by atoms with E-state index in [0.717, 1.165) is 10.9 Å². The summed E-state index contributed by atoms with van der Waals surface area (Å²) in [5.74, 6) is 0.325. The lowest BCUT2D eigenvalue weighted by molar-refractivity contribution is 0.102. The number of furan rings is 1. The van der Waals surface area contributed by atoms with Crippen molar-refractivity contribution < 1.29 is 13.6 Å². The fourth-order valence-corrected chi connectivity index (χ4v) is 2.20. The minimum atomic E-state index is -0.327. The van der Waals surface area contributed by atoms with E-state index in [4.69, 9.17) is 8.83 Å². The van der Waals surface area contributed by atoms with Crippen LogP contribution in [0.2, 0.25) is 0 Å². The number of anilines is 1. The van der Waals surface area contributed by atoms with Crippen molar-refractivity contribution >= 4 is 22.8 Å². The van der Waals surface area contributed by atoms with Gasteiger partial charge in [0.2, 0.25) is 0 Å². The fourth-order valence-electron chi connectivity index (χ4n) is 2.20. The minimum absolute atomic E-state index is 0.0154. The molecule has 0 fully saturated rings. The van der Waals surface area contributed by atoms with E-state index in [-0.39, 0.29) is 17.8 Å². The van der Waals surface area contributed by atoms with Crippen molar-refractivity contribution in [3.05, 3.63) is 54.4 Å². The lowest BCUT2D eigenvalue weighted by atomic mass is 10.2. The maximum absolute atomic E-state index is 12.3. The zero-order valence-corrected chi connectivity index (χ0v) is 11.2. The van der Waals surface area contributed by atoms with Gasteiger partial charge in [0.25, 0.3) is 11.8 Å². The summed E-state index contributed by atoms with van der Waals surface area (Å²) < 4.78 is 10.5. The number of carbonyl (C=O) groups excluding carboxylic acids is 1. The molecule has 4 rings (SSSR count). The topological polar surface area (TPSA) is 97.0 Å². The molecule has 0 aliphatic rings. The molecule has 7 nitrogen and oxygen atoms in total. The monoisotopic (exact) mass is 294 g/mol. The van der Waals surface area contributed by atoms with Gasteiger partial charge in [-0.15, -0.1) is 5.10 Å². The number of nitrogens with one attached hydrogen (secondary N) is 2. The van der Waals surface area contributed by atoms with Crippen LogP contribution in [-0.2, 0) is 0 Å². The highest BCUT2D eigenvalue weighted by molar-refractivity contribution is 6.12. The molecule has 0 saturated heterocycles. The number of hydrogen-bond acceptors (Lipinski definition) is 5. The second-order valence-corrected chi connectivity index (χ2v) is 4.59. The summed E-state index contributed by atoms with van der Waals surface area (Å²) in [5, 5.41) is 11.0. The zero-order chi connectivity index (χ0) is 14.9. The third-order valence-electron chi connectivity index (χ3n) is 3.21. The molecule has 0 radical (unpaired) electrons. The van der Waals surface area contributed by atoms with Gasteiger partial charge < -0.3 is 13.8 Å². The molecule has 108 valence electrons. The van der Waals surface area contributed by atoms with Crippen molar-refractivity contribution in [3.8, 4) is 11.7 Å².